The maximum atomic E-state index is 12.5. The van der Waals surface area contributed by atoms with Gasteiger partial charge in [0.1, 0.15) is 0 Å². The number of carbonyl (C=O) groups is 1. The van der Waals surface area contributed by atoms with Gasteiger partial charge in [-0.25, -0.2) is 4.98 Å². The molecule has 1 amide bonds. The summed E-state index contributed by atoms with van der Waals surface area (Å²) in [5.41, 5.74) is 2.62. The van der Waals surface area contributed by atoms with Crippen LogP contribution in [-0.4, -0.2) is 52.6 Å². The van der Waals surface area contributed by atoms with Gasteiger partial charge in [0.05, 0.1) is 15.8 Å². The lowest BCUT2D eigenvalue weighted by atomic mass is 10.1. The second-order valence-corrected chi connectivity index (χ2v) is 8.03. The molecule has 0 atom stereocenters. The summed E-state index contributed by atoms with van der Waals surface area (Å²) in [4.78, 5) is 21.2. The van der Waals surface area contributed by atoms with Gasteiger partial charge in [-0.15, -0.1) is 0 Å². The van der Waals surface area contributed by atoms with Crippen LogP contribution in [0.5, 0.6) is 0 Å². The Kier molecular flexibility index (Phi) is 6.94. The molecule has 1 aromatic heterocycles. The van der Waals surface area contributed by atoms with Gasteiger partial charge in [0.2, 0.25) is 5.91 Å². The third-order valence-corrected chi connectivity index (χ3v) is 5.66. The zero-order valence-electron chi connectivity index (χ0n) is 15.0. The first-order valence-corrected chi connectivity index (χ1v) is 10.3. The van der Waals surface area contributed by atoms with Crippen molar-refractivity contribution < 1.29 is 4.79 Å². The van der Waals surface area contributed by atoms with Crippen LogP contribution in [0.1, 0.15) is 17.5 Å². The van der Waals surface area contributed by atoms with Crippen LogP contribution in [0.3, 0.4) is 0 Å². The van der Waals surface area contributed by atoms with E-state index < -0.39 is 0 Å². The summed E-state index contributed by atoms with van der Waals surface area (Å²) in [6.45, 7) is 6.63. The quantitative estimate of drug-likeness (QED) is 0.727. The average molecular weight is 390 g/mol. The van der Waals surface area contributed by atoms with Crippen molar-refractivity contribution in [3.05, 3.63) is 58.7 Å². The summed E-state index contributed by atoms with van der Waals surface area (Å²) in [5.74, 6) is 0.607. The Labute approximate surface area is 164 Å². The molecule has 138 valence electrons. The number of carbonyl (C=O) groups excluding carboxylic acids is 1. The summed E-state index contributed by atoms with van der Waals surface area (Å²) in [6.07, 6.45) is 2.63. The zero-order chi connectivity index (χ0) is 18.4. The Morgan fingerprint density at radius 1 is 1.12 bits per heavy atom. The molecule has 2 heterocycles. The smallest absolute Gasteiger partial charge is 0.233 e. The summed E-state index contributed by atoms with van der Waals surface area (Å²) in [7, 11) is 0. The lowest BCUT2D eigenvalue weighted by Gasteiger charge is -2.22. The molecule has 26 heavy (non-hydrogen) atoms. The molecule has 0 aliphatic carbocycles. The molecule has 1 aliphatic heterocycles. The Morgan fingerprint density at radius 3 is 2.65 bits per heavy atom. The van der Waals surface area contributed by atoms with Crippen molar-refractivity contribution in [1.82, 2.24) is 14.8 Å². The van der Waals surface area contributed by atoms with Crippen molar-refractivity contribution in [3.8, 4) is 0 Å². The molecule has 4 nitrogen and oxygen atoms in total. The van der Waals surface area contributed by atoms with E-state index in [0.29, 0.717) is 10.8 Å². The predicted octanol–water partition coefficient (Wildman–Crippen LogP) is 3.87. The minimum atomic E-state index is 0.184. The van der Waals surface area contributed by atoms with Crippen molar-refractivity contribution in [2.24, 2.45) is 0 Å². The number of nitrogens with zero attached hydrogens (tertiary/aromatic N) is 3. The number of hydrogen-bond donors (Lipinski definition) is 0. The number of thioether (sulfide) groups is 1. The molecular formula is C20H24ClN3OS. The normalized spacial score (nSPS) is 15.7. The van der Waals surface area contributed by atoms with Gasteiger partial charge in [-0.1, -0.05) is 53.2 Å². The highest BCUT2D eigenvalue weighted by Crippen LogP contribution is 2.18. The van der Waals surface area contributed by atoms with Crippen LogP contribution in [0, 0.1) is 6.92 Å². The molecule has 1 saturated heterocycles. The number of hydrogen-bond acceptors (Lipinski definition) is 4. The van der Waals surface area contributed by atoms with Gasteiger partial charge >= 0.3 is 0 Å². The number of aryl methyl sites for hydroxylation is 1. The van der Waals surface area contributed by atoms with E-state index in [4.69, 9.17) is 11.6 Å². The first kappa shape index (κ1) is 19.2. The molecule has 0 bridgehead atoms. The predicted molar refractivity (Wildman–Crippen MR) is 108 cm³/mol. The standard InChI is InChI=1S/C20H24ClN3OS/c1-16-3-5-17(6-4-16)14-23-9-2-10-24(12-11-23)20(25)15-26-19-8-7-18(21)13-22-19/h3-8,13H,2,9-12,14-15H2,1H3. The Bertz CT molecular complexity index is 721. The van der Waals surface area contributed by atoms with E-state index in [1.807, 2.05) is 11.0 Å². The van der Waals surface area contributed by atoms with Gasteiger partial charge in [-0.3, -0.25) is 9.69 Å². The van der Waals surface area contributed by atoms with E-state index in [-0.39, 0.29) is 5.91 Å². The zero-order valence-corrected chi connectivity index (χ0v) is 16.6. The number of benzene rings is 1. The monoisotopic (exact) mass is 389 g/mol. The number of aromatic nitrogens is 1. The van der Waals surface area contributed by atoms with Gasteiger partial charge in [0.25, 0.3) is 0 Å². The molecule has 0 N–H and O–H groups in total. The van der Waals surface area contributed by atoms with Crippen molar-refractivity contribution in [2.45, 2.75) is 24.9 Å². The second-order valence-electron chi connectivity index (χ2n) is 6.60. The molecule has 0 radical (unpaired) electrons. The van der Waals surface area contributed by atoms with Crippen LogP contribution in [0.25, 0.3) is 0 Å². The summed E-state index contributed by atoms with van der Waals surface area (Å²) >= 11 is 7.31. The highest BCUT2D eigenvalue weighted by molar-refractivity contribution is 7.99. The molecule has 2 aromatic rings. The van der Waals surface area contributed by atoms with Crippen LogP contribution in [-0.2, 0) is 11.3 Å². The molecule has 6 heteroatoms. The lowest BCUT2D eigenvalue weighted by Crippen LogP contribution is -2.36. The molecule has 0 saturated carbocycles. The first-order chi connectivity index (χ1) is 12.6. The van der Waals surface area contributed by atoms with Crippen LogP contribution >= 0.6 is 23.4 Å². The minimum Gasteiger partial charge on any atom is -0.341 e. The SMILES string of the molecule is Cc1ccc(CN2CCCN(C(=O)CSc3ccc(Cl)cn3)CC2)cc1. The van der Waals surface area contributed by atoms with E-state index in [2.05, 4.69) is 41.1 Å². The Balaban J connectivity index is 1.47. The molecule has 1 aliphatic rings. The third-order valence-electron chi connectivity index (χ3n) is 4.51. The Morgan fingerprint density at radius 2 is 1.92 bits per heavy atom. The summed E-state index contributed by atoms with van der Waals surface area (Å²) in [5, 5.41) is 1.44. The van der Waals surface area contributed by atoms with Crippen molar-refractivity contribution in [1.29, 1.82) is 0 Å². The van der Waals surface area contributed by atoms with Crippen molar-refractivity contribution in [2.75, 3.05) is 31.9 Å². The number of amides is 1. The average Bonchev–Trinajstić information content (AvgIpc) is 2.88. The summed E-state index contributed by atoms with van der Waals surface area (Å²) in [6, 6.07) is 12.4. The van der Waals surface area contributed by atoms with Gasteiger partial charge in [0.15, 0.2) is 0 Å². The molecular weight excluding hydrogens is 366 g/mol. The van der Waals surface area contributed by atoms with Crippen LogP contribution in [0.15, 0.2) is 47.6 Å². The van der Waals surface area contributed by atoms with Crippen LogP contribution in [0.4, 0.5) is 0 Å². The van der Waals surface area contributed by atoms with Gasteiger partial charge in [0, 0.05) is 38.9 Å². The highest BCUT2D eigenvalue weighted by Gasteiger charge is 2.19. The van der Waals surface area contributed by atoms with Crippen LogP contribution < -0.4 is 0 Å². The number of rotatable bonds is 5. The maximum Gasteiger partial charge on any atom is 0.233 e. The molecule has 3 rings (SSSR count). The van der Waals surface area contributed by atoms with Crippen molar-refractivity contribution >= 4 is 29.3 Å². The van der Waals surface area contributed by atoms with Crippen LogP contribution in [0.2, 0.25) is 5.02 Å². The van der Waals surface area contributed by atoms with Gasteiger partial charge in [-0.05, 0) is 31.0 Å². The Hall–Kier alpha value is -1.56. The fourth-order valence-corrected chi connectivity index (χ4v) is 3.86. The molecule has 1 aromatic carbocycles. The molecule has 1 fully saturated rings. The number of halogens is 1. The van der Waals surface area contributed by atoms with Crippen molar-refractivity contribution in [3.63, 3.8) is 0 Å². The fourth-order valence-electron chi connectivity index (χ4n) is 3.00. The maximum absolute atomic E-state index is 12.5. The summed E-state index contributed by atoms with van der Waals surface area (Å²) < 4.78 is 0. The van der Waals surface area contributed by atoms with Gasteiger partial charge < -0.3 is 4.90 Å². The van der Waals surface area contributed by atoms with Gasteiger partial charge in [-0.2, -0.15) is 0 Å². The largest absolute Gasteiger partial charge is 0.341 e. The van der Waals surface area contributed by atoms with E-state index in [1.165, 1.54) is 22.9 Å². The lowest BCUT2D eigenvalue weighted by molar-refractivity contribution is -0.128. The van der Waals surface area contributed by atoms with E-state index in [1.54, 1.807) is 12.3 Å². The second kappa shape index (κ2) is 9.40. The topological polar surface area (TPSA) is 36.4 Å². The number of pyridine rings is 1. The fraction of sp³-hybridized carbons (Fsp3) is 0.400. The molecule has 0 spiro atoms. The first-order valence-electron chi connectivity index (χ1n) is 8.90. The van der Waals surface area contributed by atoms with E-state index in [9.17, 15) is 4.79 Å². The highest BCUT2D eigenvalue weighted by atomic mass is 35.5. The minimum absolute atomic E-state index is 0.184. The van der Waals surface area contributed by atoms with E-state index in [0.717, 1.165) is 44.2 Å². The third kappa shape index (κ3) is 5.73. The van der Waals surface area contributed by atoms with E-state index >= 15 is 0 Å². The molecule has 0 unspecified atom stereocenters.